The molecule has 12 heteroatoms. The second-order valence-corrected chi connectivity index (χ2v) is 8.10. The van der Waals surface area contributed by atoms with Crippen LogP contribution in [0.2, 0.25) is 5.02 Å². The molecule has 1 fully saturated rings. The molecule has 0 bridgehead atoms. The number of anilines is 1. The van der Waals surface area contributed by atoms with Crippen LogP contribution in [0.4, 0.5) is 24.5 Å². The van der Waals surface area contributed by atoms with Crippen LogP contribution in [0.25, 0.3) is 0 Å². The van der Waals surface area contributed by atoms with Crippen LogP contribution in [0.5, 0.6) is 0 Å². The number of piperidine rings is 1. The number of hydrogen-bond donors (Lipinski definition) is 1. The summed E-state index contributed by atoms with van der Waals surface area (Å²) in [4.78, 5) is 10.2. The zero-order valence-corrected chi connectivity index (χ0v) is 14.6. The van der Waals surface area contributed by atoms with E-state index in [4.69, 9.17) is 11.6 Å². The van der Waals surface area contributed by atoms with E-state index in [2.05, 4.69) is 5.32 Å². The monoisotopic (exact) mass is 401 g/mol. The first-order valence-electron chi connectivity index (χ1n) is 7.16. The first-order valence-corrected chi connectivity index (χ1v) is 9.39. The molecule has 140 valence electrons. The number of benzene rings is 1. The SMILES string of the molecule is CS(=O)(=O)N1CCCC(Nc2cc(Cl)c(C(F)(F)F)cc2[N+](=O)[O-])C1. The maximum atomic E-state index is 12.9. The summed E-state index contributed by atoms with van der Waals surface area (Å²) in [5.41, 5.74) is -2.25. The molecule has 1 aromatic rings. The number of nitro benzene ring substituents is 1. The van der Waals surface area contributed by atoms with Gasteiger partial charge in [0.2, 0.25) is 10.0 Å². The van der Waals surface area contributed by atoms with Crippen molar-refractivity contribution >= 4 is 33.0 Å². The molecule has 25 heavy (non-hydrogen) atoms. The van der Waals surface area contributed by atoms with Gasteiger partial charge in [-0.15, -0.1) is 0 Å². The summed E-state index contributed by atoms with van der Waals surface area (Å²) in [5, 5.41) is 13.2. The van der Waals surface area contributed by atoms with Gasteiger partial charge < -0.3 is 5.32 Å². The van der Waals surface area contributed by atoms with Crippen LogP contribution < -0.4 is 5.32 Å². The van der Waals surface area contributed by atoms with Crippen molar-refractivity contribution in [3.8, 4) is 0 Å². The van der Waals surface area contributed by atoms with Gasteiger partial charge in [-0.25, -0.2) is 12.7 Å². The maximum absolute atomic E-state index is 12.9. The minimum absolute atomic E-state index is 0.0641. The van der Waals surface area contributed by atoms with E-state index in [1.54, 1.807) is 0 Å². The van der Waals surface area contributed by atoms with Crippen molar-refractivity contribution in [1.29, 1.82) is 0 Å². The lowest BCUT2D eigenvalue weighted by atomic mass is 10.1. The lowest BCUT2D eigenvalue weighted by Gasteiger charge is -2.32. The minimum Gasteiger partial charge on any atom is -0.375 e. The minimum atomic E-state index is -4.82. The van der Waals surface area contributed by atoms with E-state index in [-0.39, 0.29) is 12.2 Å². The Morgan fingerprint density at radius 1 is 1.40 bits per heavy atom. The fraction of sp³-hybridized carbons (Fsp3) is 0.538. The number of nitrogens with one attached hydrogen (secondary N) is 1. The van der Waals surface area contributed by atoms with Crippen LogP contribution in [-0.4, -0.2) is 43.0 Å². The van der Waals surface area contributed by atoms with E-state index in [1.807, 2.05) is 0 Å². The molecule has 0 saturated carbocycles. The summed E-state index contributed by atoms with van der Waals surface area (Å²) in [7, 11) is -3.43. The van der Waals surface area contributed by atoms with Crippen LogP contribution in [0.15, 0.2) is 12.1 Å². The average Bonchev–Trinajstić information content (AvgIpc) is 2.45. The molecule has 1 N–H and O–H groups in total. The number of nitrogens with zero attached hydrogens (tertiary/aromatic N) is 2. The maximum Gasteiger partial charge on any atom is 0.418 e. The zero-order valence-electron chi connectivity index (χ0n) is 13.0. The molecular formula is C13H15ClF3N3O4S. The predicted molar refractivity (Wildman–Crippen MR) is 86.2 cm³/mol. The molecule has 1 atom stereocenters. The molecule has 1 heterocycles. The van der Waals surface area contributed by atoms with Crippen molar-refractivity contribution < 1.29 is 26.5 Å². The largest absolute Gasteiger partial charge is 0.418 e. The predicted octanol–water partition coefficient (Wildman–Crippen LogP) is 3.10. The van der Waals surface area contributed by atoms with E-state index >= 15 is 0 Å². The van der Waals surface area contributed by atoms with Crippen LogP contribution in [-0.2, 0) is 16.2 Å². The highest BCUT2D eigenvalue weighted by molar-refractivity contribution is 7.88. The zero-order chi connectivity index (χ0) is 19.0. The number of alkyl halides is 3. The number of hydrogen-bond acceptors (Lipinski definition) is 5. The third-order valence-electron chi connectivity index (χ3n) is 3.80. The van der Waals surface area contributed by atoms with Gasteiger partial charge in [0, 0.05) is 25.2 Å². The lowest BCUT2D eigenvalue weighted by Crippen LogP contribution is -2.44. The number of rotatable bonds is 4. The van der Waals surface area contributed by atoms with Gasteiger partial charge in [-0.1, -0.05) is 11.6 Å². The molecule has 1 saturated heterocycles. The van der Waals surface area contributed by atoms with Gasteiger partial charge in [0.1, 0.15) is 5.69 Å². The van der Waals surface area contributed by atoms with Crippen LogP contribution in [0.1, 0.15) is 18.4 Å². The smallest absolute Gasteiger partial charge is 0.375 e. The second kappa shape index (κ2) is 6.96. The van der Waals surface area contributed by atoms with Crippen molar-refractivity contribution in [2.75, 3.05) is 24.7 Å². The molecule has 1 unspecified atom stereocenters. The van der Waals surface area contributed by atoms with Crippen LogP contribution in [0.3, 0.4) is 0 Å². The first-order chi connectivity index (χ1) is 11.4. The second-order valence-electron chi connectivity index (χ2n) is 5.71. The Morgan fingerprint density at radius 3 is 2.56 bits per heavy atom. The fourth-order valence-corrected chi connectivity index (χ4v) is 3.81. The summed E-state index contributed by atoms with van der Waals surface area (Å²) in [6.07, 6.45) is -2.74. The molecule has 0 aliphatic carbocycles. The molecule has 1 aliphatic heterocycles. The third-order valence-corrected chi connectivity index (χ3v) is 5.38. The van der Waals surface area contributed by atoms with Crippen molar-refractivity contribution in [2.24, 2.45) is 0 Å². The van der Waals surface area contributed by atoms with Crippen molar-refractivity contribution in [3.05, 3.63) is 32.8 Å². The Morgan fingerprint density at radius 2 is 2.04 bits per heavy atom. The number of sulfonamides is 1. The molecule has 2 rings (SSSR count). The van der Waals surface area contributed by atoms with E-state index in [0.29, 0.717) is 25.5 Å². The van der Waals surface area contributed by atoms with E-state index < -0.39 is 43.4 Å². The van der Waals surface area contributed by atoms with Gasteiger partial charge in [-0.3, -0.25) is 10.1 Å². The topological polar surface area (TPSA) is 92.6 Å². The Labute approximate surface area is 147 Å². The summed E-state index contributed by atoms with van der Waals surface area (Å²) < 4.78 is 63.0. The number of halogens is 4. The molecule has 7 nitrogen and oxygen atoms in total. The molecular weight excluding hydrogens is 387 g/mol. The highest BCUT2D eigenvalue weighted by Crippen LogP contribution is 2.40. The van der Waals surface area contributed by atoms with Gasteiger partial charge in [0.15, 0.2) is 0 Å². The van der Waals surface area contributed by atoms with Gasteiger partial charge >= 0.3 is 6.18 Å². The van der Waals surface area contributed by atoms with Crippen LogP contribution in [0, 0.1) is 10.1 Å². The third kappa shape index (κ3) is 4.73. The highest BCUT2D eigenvalue weighted by Gasteiger charge is 2.36. The molecule has 0 aromatic heterocycles. The van der Waals surface area contributed by atoms with Gasteiger partial charge in [-0.2, -0.15) is 13.2 Å². The summed E-state index contributed by atoms with van der Waals surface area (Å²) in [6, 6.07) is 0.749. The van der Waals surface area contributed by atoms with Crippen molar-refractivity contribution in [2.45, 2.75) is 25.1 Å². The normalized spacial score (nSPS) is 19.6. The van der Waals surface area contributed by atoms with E-state index in [1.165, 1.54) is 4.31 Å². The Bertz CT molecular complexity index is 785. The van der Waals surface area contributed by atoms with Crippen molar-refractivity contribution in [3.63, 3.8) is 0 Å². The standard InChI is InChI=1S/C13H15ClF3N3O4S/c1-25(23,24)19-4-2-3-8(7-19)18-11-6-10(14)9(13(15,16)17)5-12(11)20(21)22/h5-6,8,18H,2-4,7H2,1H3. The average molecular weight is 402 g/mol. The lowest BCUT2D eigenvalue weighted by molar-refractivity contribution is -0.384. The summed E-state index contributed by atoms with van der Waals surface area (Å²) >= 11 is 5.62. The first kappa shape index (κ1) is 19.7. The Balaban J connectivity index is 2.33. The summed E-state index contributed by atoms with van der Waals surface area (Å²) in [6.45, 7) is 0.390. The van der Waals surface area contributed by atoms with E-state index in [9.17, 15) is 31.7 Å². The summed E-state index contributed by atoms with van der Waals surface area (Å²) in [5.74, 6) is 0. The van der Waals surface area contributed by atoms with Gasteiger partial charge in [0.05, 0.1) is 21.8 Å². The van der Waals surface area contributed by atoms with E-state index in [0.717, 1.165) is 12.3 Å². The molecule has 0 amide bonds. The molecule has 0 spiro atoms. The van der Waals surface area contributed by atoms with Gasteiger partial charge in [-0.05, 0) is 18.9 Å². The Kier molecular flexibility index (Phi) is 5.50. The van der Waals surface area contributed by atoms with Crippen LogP contribution >= 0.6 is 11.6 Å². The number of nitro groups is 1. The molecule has 1 aromatic carbocycles. The fourth-order valence-electron chi connectivity index (χ4n) is 2.63. The van der Waals surface area contributed by atoms with Gasteiger partial charge in [0.25, 0.3) is 5.69 Å². The quantitative estimate of drug-likeness (QED) is 0.618. The van der Waals surface area contributed by atoms with Crippen molar-refractivity contribution in [1.82, 2.24) is 4.31 Å². The molecule has 0 radical (unpaired) electrons. The molecule has 1 aliphatic rings. The highest BCUT2D eigenvalue weighted by atomic mass is 35.5. The Hall–Kier alpha value is -1.59.